The summed E-state index contributed by atoms with van der Waals surface area (Å²) in [6.07, 6.45) is 0. The fourth-order valence-corrected chi connectivity index (χ4v) is 1.68. The van der Waals surface area contributed by atoms with E-state index < -0.39 is 35.6 Å². The van der Waals surface area contributed by atoms with Crippen molar-refractivity contribution >= 4 is 23.2 Å². The number of benzene rings is 2. The van der Waals surface area contributed by atoms with Gasteiger partial charge in [0.25, 0.3) is 0 Å². The standard InChI is InChI=1S/C15H13F3N4O/c16-10-6-7-11(14(18)13(10)17)22-12(23)8-20-15(19)21-9-4-2-1-3-5-9/h1-7H,8H2,(H,22,23)(H3,19,20,21). The van der Waals surface area contributed by atoms with E-state index in [9.17, 15) is 18.0 Å². The Morgan fingerprint density at radius 2 is 1.70 bits per heavy atom. The van der Waals surface area contributed by atoms with E-state index in [2.05, 4.69) is 15.6 Å². The van der Waals surface area contributed by atoms with E-state index in [1.807, 2.05) is 6.07 Å². The molecule has 1 amide bonds. The number of carbonyl (C=O) groups excluding carboxylic acids is 1. The third kappa shape index (κ3) is 4.47. The molecule has 120 valence electrons. The van der Waals surface area contributed by atoms with Crippen LogP contribution < -0.4 is 16.4 Å². The number of hydrogen-bond acceptors (Lipinski definition) is 2. The van der Waals surface area contributed by atoms with Crippen LogP contribution >= 0.6 is 0 Å². The maximum atomic E-state index is 13.4. The van der Waals surface area contributed by atoms with Crippen LogP contribution in [0.1, 0.15) is 0 Å². The summed E-state index contributed by atoms with van der Waals surface area (Å²) in [4.78, 5) is 15.4. The molecule has 0 bridgehead atoms. The lowest BCUT2D eigenvalue weighted by molar-refractivity contribution is -0.114. The molecule has 0 saturated heterocycles. The number of nitrogens with two attached hydrogens (primary N) is 1. The maximum Gasteiger partial charge on any atom is 0.246 e. The van der Waals surface area contributed by atoms with Crippen molar-refractivity contribution in [2.75, 3.05) is 17.2 Å². The minimum absolute atomic E-state index is 0.0166. The number of hydrogen-bond donors (Lipinski definition) is 3. The summed E-state index contributed by atoms with van der Waals surface area (Å²) in [7, 11) is 0. The van der Waals surface area contributed by atoms with Gasteiger partial charge in [0, 0.05) is 5.69 Å². The van der Waals surface area contributed by atoms with Crippen LogP contribution in [-0.2, 0) is 4.79 Å². The Balaban J connectivity index is 1.95. The minimum atomic E-state index is -1.66. The van der Waals surface area contributed by atoms with Gasteiger partial charge in [-0.2, -0.15) is 0 Å². The molecule has 0 aromatic heterocycles. The molecule has 0 atom stereocenters. The molecule has 2 rings (SSSR count). The summed E-state index contributed by atoms with van der Waals surface area (Å²) >= 11 is 0. The van der Waals surface area contributed by atoms with Crippen molar-refractivity contribution in [2.24, 2.45) is 10.7 Å². The Morgan fingerprint density at radius 3 is 2.39 bits per heavy atom. The maximum absolute atomic E-state index is 13.4. The number of nitrogens with one attached hydrogen (secondary N) is 2. The lowest BCUT2D eigenvalue weighted by atomic mass is 10.3. The smallest absolute Gasteiger partial charge is 0.246 e. The molecule has 2 aromatic carbocycles. The summed E-state index contributed by atoms with van der Waals surface area (Å²) in [6, 6.07) is 10.5. The highest BCUT2D eigenvalue weighted by atomic mass is 19.2. The first kappa shape index (κ1) is 16.3. The molecule has 0 unspecified atom stereocenters. The van der Waals surface area contributed by atoms with Crippen LogP contribution in [0.15, 0.2) is 47.5 Å². The largest absolute Gasteiger partial charge is 0.370 e. The van der Waals surface area contributed by atoms with Crippen molar-refractivity contribution in [3.05, 3.63) is 59.9 Å². The van der Waals surface area contributed by atoms with Gasteiger partial charge in [0.15, 0.2) is 23.4 Å². The molecule has 0 spiro atoms. The van der Waals surface area contributed by atoms with Gasteiger partial charge >= 0.3 is 0 Å². The molecule has 5 nitrogen and oxygen atoms in total. The highest BCUT2D eigenvalue weighted by Gasteiger charge is 2.14. The third-order valence-corrected chi connectivity index (χ3v) is 2.75. The van der Waals surface area contributed by atoms with Gasteiger partial charge in [-0.15, -0.1) is 0 Å². The number of nitrogens with zero attached hydrogens (tertiary/aromatic N) is 1. The molecule has 2 aromatic rings. The molecule has 0 fully saturated rings. The first-order valence-corrected chi connectivity index (χ1v) is 6.52. The van der Waals surface area contributed by atoms with Crippen LogP contribution in [0.5, 0.6) is 0 Å². The number of para-hydroxylation sites is 1. The predicted octanol–water partition coefficient (Wildman–Crippen LogP) is 2.47. The monoisotopic (exact) mass is 322 g/mol. The zero-order valence-electron chi connectivity index (χ0n) is 11.8. The third-order valence-electron chi connectivity index (χ3n) is 2.75. The summed E-state index contributed by atoms with van der Waals surface area (Å²) in [5.74, 6) is -5.21. The van der Waals surface area contributed by atoms with Crippen LogP contribution in [0.4, 0.5) is 24.5 Å². The summed E-state index contributed by atoms with van der Waals surface area (Å²) in [5.41, 5.74) is 5.80. The minimum Gasteiger partial charge on any atom is -0.370 e. The SMILES string of the molecule is NC(=NCC(=O)Nc1ccc(F)c(F)c1F)Nc1ccccc1. The van der Waals surface area contributed by atoms with Gasteiger partial charge < -0.3 is 16.4 Å². The van der Waals surface area contributed by atoms with Crippen LogP contribution in [0.3, 0.4) is 0 Å². The molecule has 0 aliphatic carbocycles. The lowest BCUT2D eigenvalue weighted by Crippen LogP contribution is -2.25. The van der Waals surface area contributed by atoms with Crippen molar-refractivity contribution in [3.63, 3.8) is 0 Å². The molecular weight excluding hydrogens is 309 g/mol. The Labute approximate surface area is 130 Å². The van der Waals surface area contributed by atoms with Crippen molar-refractivity contribution in [1.29, 1.82) is 0 Å². The van der Waals surface area contributed by atoms with Gasteiger partial charge in [0.2, 0.25) is 5.91 Å². The Bertz CT molecular complexity index is 735. The fraction of sp³-hybridized carbons (Fsp3) is 0.0667. The molecule has 0 aliphatic heterocycles. The fourth-order valence-electron chi connectivity index (χ4n) is 1.68. The molecule has 0 radical (unpaired) electrons. The quantitative estimate of drug-likeness (QED) is 0.460. The summed E-state index contributed by atoms with van der Waals surface area (Å²) in [5, 5.41) is 4.84. The van der Waals surface area contributed by atoms with Crippen molar-refractivity contribution < 1.29 is 18.0 Å². The number of carbonyl (C=O) groups is 1. The van der Waals surface area contributed by atoms with Gasteiger partial charge in [-0.05, 0) is 24.3 Å². The lowest BCUT2D eigenvalue weighted by Gasteiger charge is -2.07. The zero-order chi connectivity index (χ0) is 16.8. The number of halogens is 3. The Morgan fingerprint density at radius 1 is 1.00 bits per heavy atom. The van der Waals surface area contributed by atoms with Crippen LogP contribution in [0.2, 0.25) is 0 Å². The van der Waals surface area contributed by atoms with E-state index in [4.69, 9.17) is 5.73 Å². The molecular formula is C15H13F3N4O. The van der Waals surface area contributed by atoms with Crippen LogP contribution in [-0.4, -0.2) is 18.4 Å². The zero-order valence-corrected chi connectivity index (χ0v) is 11.8. The second-order valence-corrected chi connectivity index (χ2v) is 4.46. The van der Waals surface area contributed by atoms with Gasteiger partial charge in [-0.3, -0.25) is 4.79 Å². The average Bonchev–Trinajstić information content (AvgIpc) is 2.54. The normalized spacial score (nSPS) is 11.2. The van der Waals surface area contributed by atoms with Gasteiger partial charge in [-0.1, -0.05) is 18.2 Å². The van der Waals surface area contributed by atoms with E-state index in [0.717, 1.165) is 6.07 Å². The molecule has 0 aliphatic rings. The molecule has 23 heavy (non-hydrogen) atoms. The number of anilines is 2. The highest BCUT2D eigenvalue weighted by Crippen LogP contribution is 2.19. The summed E-state index contributed by atoms with van der Waals surface area (Å²) < 4.78 is 39.2. The first-order valence-electron chi connectivity index (χ1n) is 6.52. The van der Waals surface area contributed by atoms with E-state index in [1.54, 1.807) is 24.3 Å². The van der Waals surface area contributed by atoms with E-state index in [-0.39, 0.29) is 5.96 Å². The van der Waals surface area contributed by atoms with Crippen molar-refractivity contribution in [3.8, 4) is 0 Å². The van der Waals surface area contributed by atoms with Gasteiger partial charge in [0.1, 0.15) is 6.54 Å². The van der Waals surface area contributed by atoms with E-state index in [0.29, 0.717) is 11.8 Å². The topological polar surface area (TPSA) is 79.5 Å². The van der Waals surface area contributed by atoms with Gasteiger partial charge in [0.05, 0.1) is 5.69 Å². The van der Waals surface area contributed by atoms with Crippen LogP contribution in [0.25, 0.3) is 0 Å². The number of aliphatic imine (C=N–C) groups is 1. The average molecular weight is 322 g/mol. The van der Waals surface area contributed by atoms with Gasteiger partial charge in [-0.25, -0.2) is 18.2 Å². The molecule has 4 N–H and O–H groups in total. The molecule has 0 saturated carbocycles. The van der Waals surface area contributed by atoms with Crippen molar-refractivity contribution in [2.45, 2.75) is 0 Å². The first-order chi connectivity index (χ1) is 11.0. The highest BCUT2D eigenvalue weighted by molar-refractivity contribution is 5.97. The summed E-state index contributed by atoms with van der Waals surface area (Å²) in [6.45, 7) is -0.413. The number of rotatable bonds is 4. The predicted molar refractivity (Wildman–Crippen MR) is 81.5 cm³/mol. The van der Waals surface area contributed by atoms with E-state index >= 15 is 0 Å². The molecule has 8 heteroatoms. The molecule has 0 heterocycles. The Hall–Kier alpha value is -3.03. The van der Waals surface area contributed by atoms with Crippen LogP contribution in [0, 0.1) is 17.5 Å². The van der Waals surface area contributed by atoms with Crippen molar-refractivity contribution in [1.82, 2.24) is 0 Å². The Kier molecular flexibility index (Phi) is 5.19. The van der Waals surface area contributed by atoms with E-state index in [1.165, 1.54) is 0 Å². The number of amides is 1. The second kappa shape index (κ2) is 7.30. The number of guanidine groups is 1. The second-order valence-electron chi connectivity index (χ2n) is 4.46.